The van der Waals surface area contributed by atoms with E-state index in [4.69, 9.17) is 9.47 Å². The van der Waals surface area contributed by atoms with E-state index in [9.17, 15) is 9.90 Å². The summed E-state index contributed by atoms with van der Waals surface area (Å²) in [6, 6.07) is 11.1. The SMILES string of the molecule is C=CCOc1ccc(C2c3c(-c4c(C)cc(C)cc4O)n[nH]c3C(=O)N2CCCOC)cc1. The van der Waals surface area contributed by atoms with Gasteiger partial charge in [0.25, 0.3) is 5.91 Å². The van der Waals surface area contributed by atoms with Crippen molar-refractivity contribution in [3.63, 3.8) is 0 Å². The molecule has 0 fully saturated rings. The minimum Gasteiger partial charge on any atom is -0.507 e. The largest absolute Gasteiger partial charge is 0.507 e. The molecular weight excluding hydrogens is 418 g/mol. The highest BCUT2D eigenvalue weighted by atomic mass is 16.5. The lowest BCUT2D eigenvalue weighted by molar-refractivity contribution is 0.0723. The van der Waals surface area contributed by atoms with Crippen LogP contribution in [0.1, 0.15) is 45.2 Å². The predicted molar refractivity (Wildman–Crippen MR) is 127 cm³/mol. The van der Waals surface area contributed by atoms with Crippen molar-refractivity contribution in [1.29, 1.82) is 0 Å². The molecule has 1 amide bonds. The molecule has 2 heterocycles. The van der Waals surface area contributed by atoms with E-state index in [1.54, 1.807) is 19.3 Å². The first-order valence-electron chi connectivity index (χ1n) is 11.0. The maximum absolute atomic E-state index is 13.4. The number of carbonyl (C=O) groups excluding carboxylic acids is 1. The summed E-state index contributed by atoms with van der Waals surface area (Å²) in [4.78, 5) is 15.2. The number of fused-ring (bicyclic) bond motifs is 1. The molecule has 0 radical (unpaired) electrons. The minimum absolute atomic E-state index is 0.110. The molecule has 7 nitrogen and oxygen atoms in total. The van der Waals surface area contributed by atoms with Crippen LogP contribution in [0.4, 0.5) is 0 Å². The zero-order valence-electron chi connectivity index (χ0n) is 19.2. The fourth-order valence-corrected chi connectivity index (χ4v) is 4.50. The van der Waals surface area contributed by atoms with Gasteiger partial charge in [0, 0.05) is 31.4 Å². The lowest BCUT2D eigenvalue weighted by Crippen LogP contribution is -2.31. The van der Waals surface area contributed by atoms with Gasteiger partial charge in [0.1, 0.15) is 29.5 Å². The number of aromatic nitrogens is 2. The van der Waals surface area contributed by atoms with Crippen LogP contribution in [0.3, 0.4) is 0 Å². The molecule has 3 aromatic rings. The number of phenolic OH excluding ortho intramolecular Hbond substituents is 1. The Morgan fingerprint density at radius 3 is 2.67 bits per heavy atom. The van der Waals surface area contributed by atoms with Gasteiger partial charge in [-0.05, 0) is 55.2 Å². The molecule has 1 atom stereocenters. The van der Waals surface area contributed by atoms with E-state index in [1.807, 2.05) is 49.1 Å². The molecule has 0 saturated heterocycles. The monoisotopic (exact) mass is 447 g/mol. The van der Waals surface area contributed by atoms with Crippen LogP contribution in [0.15, 0.2) is 49.1 Å². The molecule has 0 bridgehead atoms. The number of nitrogens with one attached hydrogen (secondary N) is 1. The third-order valence-corrected chi connectivity index (χ3v) is 5.87. The number of hydrogen-bond donors (Lipinski definition) is 2. The summed E-state index contributed by atoms with van der Waals surface area (Å²) >= 11 is 0. The summed E-state index contributed by atoms with van der Waals surface area (Å²) in [5.41, 5.74) is 5.28. The summed E-state index contributed by atoms with van der Waals surface area (Å²) in [6.45, 7) is 9.07. The number of amides is 1. The Morgan fingerprint density at radius 1 is 1.24 bits per heavy atom. The van der Waals surface area contributed by atoms with Crippen molar-refractivity contribution < 1.29 is 19.4 Å². The average Bonchev–Trinajstić information content (AvgIpc) is 3.32. The maximum Gasteiger partial charge on any atom is 0.273 e. The quantitative estimate of drug-likeness (QED) is 0.371. The molecule has 0 aliphatic carbocycles. The normalized spacial score (nSPS) is 15.1. The summed E-state index contributed by atoms with van der Waals surface area (Å²) in [7, 11) is 1.65. The van der Waals surface area contributed by atoms with Crippen LogP contribution in [0.25, 0.3) is 11.3 Å². The second kappa shape index (κ2) is 9.50. The highest BCUT2D eigenvalue weighted by Crippen LogP contribution is 2.45. The molecule has 1 aromatic heterocycles. The van der Waals surface area contributed by atoms with Gasteiger partial charge in [0.15, 0.2) is 0 Å². The zero-order valence-corrected chi connectivity index (χ0v) is 19.2. The number of aromatic amines is 1. The number of phenols is 1. The molecule has 0 spiro atoms. The Bertz CT molecular complexity index is 1140. The summed E-state index contributed by atoms with van der Waals surface area (Å²) in [5, 5.41) is 18.2. The highest BCUT2D eigenvalue weighted by molar-refractivity contribution is 6.00. The van der Waals surface area contributed by atoms with Crippen molar-refractivity contribution in [3.05, 3.63) is 77.0 Å². The number of H-pyrrole nitrogens is 1. The first kappa shape index (κ1) is 22.6. The van der Waals surface area contributed by atoms with Crippen LogP contribution in [-0.2, 0) is 4.74 Å². The van der Waals surface area contributed by atoms with Gasteiger partial charge in [-0.3, -0.25) is 9.89 Å². The first-order chi connectivity index (χ1) is 16.0. The third kappa shape index (κ3) is 4.24. The molecular formula is C26H29N3O4. The van der Waals surface area contributed by atoms with Gasteiger partial charge in [-0.1, -0.05) is 30.9 Å². The van der Waals surface area contributed by atoms with E-state index >= 15 is 0 Å². The fraction of sp³-hybridized carbons (Fsp3) is 0.308. The molecule has 1 aliphatic rings. The van der Waals surface area contributed by atoms with Gasteiger partial charge in [-0.2, -0.15) is 5.10 Å². The van der Waals surface area contributed by atoms with Crippen molar-refractivity contribution in [2.45, 2.75) is 26.3 Å². The standard InChI is InChI=1S/C26H29N3O4/c1-5-12-33-19-9-7-18(8-10-19)25-22-23(21-17(3)14-16(2)15-20(21)30)27-28-24(22)26(31)29(25)11-6-13-32-4/h5,7-10,14-15,25,30H,1,6,11-13H2,2-4H3,(H,27,28). The van der Waals surface area contributed by atoms with Crippen molar-refractivity contribution in [1.82, 2.24) is 15.1 Å². The topological polar surface area (TPSA) is 87.7 Å². The van der Waals surface area contributed by atoms with Gasteiger partial charge in [-0.15, -0.1) is 0 Å². The van der Waals surface area contributed by atoms with Gasteiger partial charge >= 0.3 is 0 Å². The number of methoxy groups -OCH3 is 1. The van der Waals surface area contributed by atoms with Gasteiger partial charge in [0.2, 0.25) is 0 Å². The van der Waals surface area contributed by atoms with Crippen LogP contribution >= 0.6 is 0 Å². The second-order valence-corrected chi connectivity index (χ2v) is 8.25. The minimum atomic E-state index is -0.341. The fourth-order valence-electron chi connectivity index (χ4n) is 4.50. The summed E-state index contributed by atoms with van der Waals surface area (Å²) in [5.74, 6) is 0.772. The number of hydrogen-bond acceptors (Lipinski definition) is 5. The molecule has 4 rings (SSSR count). The Balaban J connectivity index is 1.81. The molecule has 1 aliphatic heterocycles. The molecule has 1 unspecified atom stereocenters. The van der Waals surface area contributed by atoms with E-state index in [1.165, 1.54) is 0 Å². The number of aromatic hydroxyl groups is 1. The van der Waals surface area contributed by atoms with Crippen molar-refractivity contribution in [3.8, 4) is 22.8 Å². The number of carbonyl (C=O) groups is 1. The van der Waals surface area contributed by atoms with Crippen LogP contribution in [0.5, 0.6) is 11.5 Å². The molecule has 172 valence electrons. The van der Waals surface area contributed by atoms with Crippen molar-refractivity contribution >= 4 is 5.91 Å². The summed E-state index contributed by atoms with van der Waals surface area (Å²) in [6.07, 6.45) is 2.41. The van der Waals surface area contributed by atoms with Gasteiger partial charge < -0.3 is 19.5 Å². The Labute approximate surface area is 193 Å². The number of nitrogens with zero attached hydrogens (tertiary/aromatic N) is 2. The van der Waals surface area contributed by atoms with Gasteiger partial charge in [-0.25, -0.2) is 0 Å². The molecule has 7 heteroatoms. The van der Waals surface area contributed by atoms with E-state index < -0.39 is 0 Å². The van der Waals surface area contributed by atoms with Crippen LogP contribution in [-0.4, -0.2) is 53.0 Å². The van der Waals surface area contributed by atoms with Gasteiger partial charge in [0.05, 0.1) is 6.04 Å². The Hall–Kier alpha value is -3.58. The van der Waals surface area contributed by atoms with Crippen LogP contribution in [0, 0.1) is 13.8 Å². The van der Waals surface area contributed by atoms with Crippen molar-refractivity contribution in [2.24, 2.45) is 0 Å². The summed E-state index contributed by atoms with van der Waals surface area (Å²) < 4.78 is 10.8. The molecule has 2 N–H and O–H groups in total. The molecule has 2 aromatic carbocycles. The molecule has 33 heavy (non-hydrogen) atoms. The highest BCUT2D eigenvalue weighted by Gasteiger charge is 2.42. The zero-order chi connectivity index (χ0) is 23.5. The first-order valence-corrected chi connectivity index (χ1v) is 11.0. The predicted octanol–water partition coefficient (Wildman–Crippen LogP) is 4.55. The lowest BCUT2D eigenvalue weighted by Gasteiger charge is -2.26. The third-order valence-electron chi connectivity index (χ3n) is 5.87. The lowest BCUT2D eigenvalue weighted by atomic mass is 9.93. The number of benzene rings is 2. The van der Waals surface area contributed by atoms with Crippen molar-refractivity contribution in [2.75, 3.05) is 26.9 Å². The van der Waals surface area contributed by atoms with E-state index in [2.05, 4.69) is 16.8 Å². The average molecular weight is 448 g/mol. The maximum atomic E-state index is 13.4. The van der Waals surface area contributed by atoms with Crippen LogP contribution in [0.2, 0.25) is 0 Å². The second-order valence-electron chi connectivity index (χ2n) is 8.25. The molecule has 0 saturated carbocycles. The number of ether oxygens (including phenoxy) is 2. The smallest absolute Gasteiger partial charge is 0.273 e. The number of rotatable bonds is 9. The van der Waals surface area contributed by atoms with Crippen LogP contribution < -0.4 is 4.74 Å². The van der Waals surface area contributed by atoms with E-state index in [-0.39, 0.29) is 17.7 Å². The Morgan fingerprint density at radius 2 is 2.00 bits per heavy atom. The van der Waals surface area contributed by atoms with E-state index in [0.29, 0.717) is 43.1 Å². The number of aryl methyl sites for hydroxylation is 2. The van der Waals surface area contributed by atoms with E-state index in [0.717, 1.165) is 28.0 Å². The Kier molecular flexibility index (Phi) is 6.51.